The molecule has 1 saturated carbocycles. The molecule has 7 heteroatoms. The highest BCUT2D eigenvalue weighted by Gasteiger charge is 2.35. The van der Waals surface area contributed by atoms with Crippen molar-refractivity contribution >= 4 is 23.7 Å². The number of carboxylic acids is 1. The van der Waals surface area contributed by atoms with Crippen LogP contribution in [0.25, 0.3) is 0 Å². The summed E-state index contributed by atoms with van der Waals surface area (Å²) in [7, 11) is 0. The van der Waals surface area contributed by atoms with Crippen molar-refractivity contribution in [3.05, 3.63) is 0 Å². The summed E-state index contributed by atoms with van der Waals surface area (Å²) >= 11 is 1.27. The molecule has 21 heavy (non-hydrogen) atoms. The van der Waals surface area contributed by atoms with Crippen LogP contribution in [0.3, 0.4) is 0 Å². The molecule has 1 aromatic rings. The molecule has 0 radical (unpaired) electrons. The Morgan fingerprint density at radius 3 is 2.76 bits per heavy atom. The van der Waals surface area contributed by atoms with E-state index < -0.39 is 5.97 Å². The summed E-state index contributed by atoms with van der Waals surface area (Å²) in [4.78, 5) is 13.1. The fourth-order valence-electron chi connectivity index (χ4n) is 2.96. The minimum Gasteiger partial charge on any atom is -0.481 e. The third kappa shape index (κ3) is 3.02. The largest absolute Gasteiger partial charge is 0.481 e. The first-order valence-electron chi connectivity index (χ1n) is 7.64. The fourth-order valence-corrected chi connectivity index (χ4v) is 3.68. The van der Waals surface area contributed by atoms with E-state index in [9.17, 15) is 4.79 Å². The predicted octanol–water partition coefficient (Wildman–Crippen LogP) is 2.41. The zero-order chi connectivity index (χ0) is 15.0. The Balaban J connectivity index is 1.86. The molecule has 0 amide bonds. The van der Waals surface area contributed by atoms with Crippen molar-refractivity contribution in [3.63, 3.8) is 0 Å². The fraction of sp³-hybridized carbons (Fsp3) is 0.786. The van der Waals surface area contributed by atoms with E-state index in [0.29, 0.717) is 18.0 Å². The summed E-state index contributed by atoms with van der Waals surface area (Å²) in [6.45, 7) is 5.55. The van der Waals surface area contributed by atoms with Gasteiger partial charge < -0.3 is 10.0 Å². The quantitative estimate of drug-likeness (QED) is 0.842. The van der Waals surface area contributed by atoms with E-state index in [1.54, 1.807) is 0 Å². The van der Waals surface area contributed by atoms with Crippen LogP contribution < -0.4 is 4.90 Å². The molecule has 0 spiro atoms. The Morgan fingerprint density at radius 1 is 1.33 bits per heavy atom. The Labute approximate surface area is 128 Å². The molecule has 0 bridgehead atoms. The number of piperidine rings is 1. The lowest BCUT2D eigenvalue weighted by Gasteiger charge is -2.38. The third-order valence-corrected chi connectivity index (χ3v) is 5.44. The SMILES string of the molecule is CC1CCCN(c2nnc(SCC(=O)O)n2C2CC2)C1C. The summed E-state index contributed by atoms with van der Waals surface area (Å²) in [6, 6.07) is 0.911. The molecule has 1 saturated heterocycles. The number of anilines is 1. The molecule has 2 heterocycles. The van der Waals surface area contributed by atoms with Crippen molar-refractivity contribution in [2.45, 2.75) is 56.8 Å². The molecule has 2 atom stereocenters. The molecular weight excluding hydrogens is 288 g/mol. The first-order valence-corrected chi connectivity index (χ1v) is 8.62. The summed E-state index contributed by atoms with van der Waals surface area (Å²) in [6.07, 6.45) is 4.73. The van der Waals surface area contributed by atoms with Gasteiger partial charge in [0, 0.05) is 18.6 Å². The van der Waals surface area contributed by atoms with Crippen molar-refractivity contribution in [3.8, 4) is 0 Å². The monoisotopic (exact) mass is 310 g/mol. The van der Waals surface area contributed by atoms with Crippen LogP contribution in [0.4, 0.5) is 5.95 Å². The van der Waals surface area contributed by atoms with E-state index in [-0.39, 0.29) is 5.75 Å². The normalized spacial score (nSPS) is 26.1. The van der Waals surface area contributed by atoms with Gasteiger partial charge in [-0.15, -0.1) is 10.2 Å². The van der Waals surface area contributed by atoms with Gasteiger partial charge in [-0.1, -0.05) is 18.7 Å². The predicted molar refractivity (Wildman–Crippen MR) is 81.9 cm³/mol. The average molecular weight is 310 g/mol. The van der Waals surface area contributed by atoms with Crippen LogP contribution in [0, 0.1) is 5.92 Å². The number of carboxylic acid groups (broad SMARTS) is 1. The number of carbonyl (C=O) groups is 1. The molecule has 1 aromatic heterocycles. The van der Waals surface area contributed by atoms with Crippen LogP contribution in [0.2, 0.25) is 0 Å². The van der Waals surface area contributed by atoms with Crippen LogP contribution in [0.5, 0.6) is 0 Å². The molecule has 6 nitrogen and oxygen atoms in total. The van der Waals surface area contributed by atoms with Gasteiger partial charge in [-0.3, -0.25) is 9.36 Å². The van der Waals surface area contributed by atoms with Gasteiger partial charge in [-0.05, 0) is 38.5 Å². The van der Waals surface area contributed by atoms with Crippen molar-refractivity contribution in [1.82, 2.24) is 14.8 Å². The van der Waals surface area contributed by atoms with E-state index in [1.165, 1.54) is 24.6 Å². The second-order valence-electron chi connectivity index (χ2n) is 6.12. The Bertz CT molecular complexity index is 529. The Hall–Kier alpha value is -1.24. The van der Waals surface area contributed by atoms with Crippen molar-refractivity contribution in [2.75, 3.05) is 17.2 Å². The number of thioether (sulfide) groups is 1. The number of nitrogens with zero attached hydrogens (tertiary/aromatic N) is 4. The lowest BCUT2D eigenvalue weighted by molar-refractivity contribution is -0.133. The highest BCUT2D eigenvalue weighted by atomic mass is 32.2. The van der Waals surface area contributed by atoms with E-state index in [0.717, 1.165) is 30.5 Å². The molecule has 2 aliphatic rings. The number of hydrogen-bond acceptors (Lipinski definition) is 5. The lowest BCUT2D eigenvalue weighted by Crippen LogP contribution is -2.43. The molecule has 116 valence electrons. The van der Waals surface area contributed by atoms with Gasteiger partial charge in [-0.25, -0.2) is 0 Å². The molecule has 1 aliphatic heterocycles. The summed E-state index contributed by atoms with van der Waals surface area (Å²) in [5.74, 6) is 0.811. The zero-order valence-electron chi connectivity index (χ0n) is 12.5. The van der Waals surface area contributed by atoms with Crippen LogP contribution in [0.1, 0.15) is 45.6 Å². The van der Waals surface area contributed by atoms with Gasteiger partial charge in [0.2, 0.25) is 5.95 Å². The third-order valence-electron chi connectivity index (χ3n) is 4.51. The molecule has 1 N–H and O–H groups in total. The van der Waals surface area contributed by atoms with Crippen LogP contribution in [-0.2, 0) is 4.79 Å². The van der Waals surface area contributed by atoms with Crippen LogP contribution >= 0.6 is 11.8 Å². The second kappa shape index (κ2) is 5.87. The number of aromatic nitrogens is 3. The maximum atomic E-state index is 10.8. The molecule has 1 aliphatic carbocycles. The topological polar surface area (TPSA) is 71.2 Å². The summed E-state index contributed by atoms with van der Waals surface area (Å²) in [5, 5.41) is 18.3. The minimum absolute atomic E-state index is 0.0385. The van der Waals surface area contributed by atoms with Crippen LogP contribution in [0.15, 0.2) is 5.16 Å². The molecule has 0 aromatic carbocycles. The van der Waals surface area contributed by atoms with Gasteiger partial charge in [0.25, 0.3) is 0 Å². The molecule has 3 rings (SSSR count). The van der Waals surface area contributed by atoms with Crippen molar-refractivity contribution < 1.29 is 9.90 Å². The Kier molecular flexibility index (Phi) is 4.10. The van der Waals surface area contributed by atoms with Crippen molar-refractivity contribution in [2.24, 2.45) is 5.92 Å². The van der Waals surface area contributed by atoms with E-state index in [4.69, 9.17) is 5.11 Å². The maximum Gasteiger partial charge on any atom is 0.313 e. The maximum absolute atomic E-state index is 10.8. The van der Waals surface area contributed by atoms with E-state index in [2.05, 4.69) is 33.5 Å². The summed E-state index contributed by atoms with van der Waals surface area (Å²) < 4.78 is 2.17. The first kappa shape index (κ1) is 14.7. The summed E-state index contributed by atoms with van der Waals surface area (Å²) in [5.41, 5.74) is 0. The number of aliphatic carboxylic acids is 1. The smallest absolute Gasteiger partial charge is 0.313 e. The van der Waals surface area contributed by atoms with Gasteiger partial charge in [0.05, 0.1) is 5.75 Å². The molecular formula is C14H22N4O2S. The highest BCUT2D eigenvalue weighted by Crippen LogP contribution is 2.42. The van der Waals surface area contributed by atoms with Crippen LogP contribution in [-0.4, -0.2) is 44.2 Å². The Morgan fingerprint density at radius 2 is 2.10 bits per heavy atom. The zero-order valence-corrected chi connectivity index (χ0v) is 13.3. The van der Waals surface area contributed by atoms with Gasteiger partial charge in [0.15, 0.2) is 5.16 Å². The van der Waals surface area contributed by atoms with E-state index >= 15 is 0 Å². The van der Waals surface area contributed by atoms with E-state index in [1.807, 2.05) is 0 Å². The first-order chi connectivity index (χ1) is 10.1. The molecule has 2 fully saturated rings. The highest BCUT2D eigenvalue weighted by molar-refractivity contribution is 7.99. The minimum atomic E-state index is -0.813. The van der Waals surface area contributed by atoms with Gasteiger partial charge >= 0.3 is 5.97 Å². The standard InChI is InChI=1S/C14H22N4O2S/c1-9-4-3-7-17(10(9)2)13-15-16-14(21-8-12(19)20)18(13)11-5-6-11/h9-11H,3-8H2,1-2H3,(H,19,20). The number of hydrogen-bond donors (Lipinski definition) is 1. The lowest BCUT2D eigenvalue weighted by atomic mass is 9.92. The second-order valence-corrected chi connectivity index (χ2v) is 7.06. The number of rotatable bonds is 5. The average Bonchev–Trinajstić information content (AvgIpc) is 3.20. The van der Waals surface area contributed by atoms with Gasteiger partial charge in [0.1, 0.15) is 0 Å². The van der Waals surface area contributed by atoms with Gasteiger partial charge in [-0.2, -0.15) is 0 Å². The van der Waals surface area contributed by atoms with Crippen molar-refractivity contribution in [1.29, 1.82) is 0 Å². The molecule has 2 unspecified atom stereocenters.